The molecule has 0 atom stereocenters. The molecule has 0 bridgehead atoms. The number of alkyl halides is 7. The summed E-state index contributed by atoms with van der Waals surface area (Å²) in [5, 5.41) is 0. The topological polar surface area (TPSA) is 18.5 Å². The van der Waals surface area contributed by atoms with Crippen LogP contribution < -0.4 is 9.47 Å². The Morgan fingerprint density at radius 2 is 1.35 bits per heavy atom. The molecule has 1 aromatic rings. The van der Waals surface area contributed by atoms with Crippen molar-refractivity contribution in [2.75, 3.05) is 11.0 Å². The summed E-state index contributed by atoms with van der Waals surface area (Å²) in [7, 11) is 0. The van der Waals surface area contributed by atoms with Crippen LogP contribution in [0.2, 0.25) is 0 Å². The molecule has 0 saturated heterocycles. The van der Waals surface area contributed by atoms with E-state index >= 15 is 0 Å². The maximum absolute atomic E-state index is 12.3. The van der Waals surface area contributed by atoms with E-state index in [2.05, 4.69) is 27.3 Å². The largest absolute Gasteiger partial charge is 0.493 e. The minimum absolute atomic E-state index is 0.338. The summed E-state index contributed by atoms with van der Waals surface area (Å²) in [6.45, 7) is 0.383. The first-order chi connectivity index (χ1) is 9.14. The molecule has 0 aliphatic rings. The fourth-order valence-corrected chi connectivity index (χ4v) is 1.45. The molecule has 0 heterocycles. The van der Waals surface area contributed by atoms with E-state index < -0.39 is 24.2 Å². The molecule has 0 saturated carbocycles. The second kappa shape index (κ2) is 6.72. The average Bonchev–Trinajstić information content (AvgIpc) is 2.32. The smallest absolute Gasteiger partial charge is 0.434 e. The van der Waals surface area contributed by atoms with Crippen molar-refractivity contribution < 1.29 is 35.8 Å². The van der Waals surface area contributed by atoms with E-state index in [0.717, 1.165) is 12.1 Å². The molecule has 0 aromatic heterocycles. The van der Waals surface area contributed by atoms with E-state index in [4.69, 9.17) is 4.74 Å². The van der Waals surface area contributed by atoms with E-state index in [1.165, 1.54) is 12.1 Å². The lowest BCUT2D eigenvalue weighted by Crippen LogP contribution is -2.46. The van der Waals surface area contributed by atoms with Crippen LogP contribution in [0.4, 0.5) is 26.3 Å². The lowest BCUT2D eigenvalue weighted by Gasteiger charge is -2.23. The number of hydrogen-bond donors (Lipinski definition) is 0. The van der Waals surface area contributed by atoms with Crippen molar-refractivity contribution in [2.24, 2.45) is 0 Å². The zero-order chi connectivity index (χ0) is 15.4. The third-order valence-electron chi connectivity index (χ3n) is 2.02. The summed E-state index contributed by atoms with van der Waals surface area (Å²) in [6, 6.07) is 4.47. The predicted octanol–water partition coefficient (Wildman–Crippen LogP) is 4.37. The fourth-order valence-electron chi connectivity index (χ4n) is 1.23. The Bertz CT molecular complexity index is 400. The van der Waals surface area contributed by atoms with Gasteiger partial charge in [0.25, 0.3) is 6.10 Å². The minimum Gasteiger partial charge on any atom is -0.493 e. The maximum atomic E-state index is 12.3. The molecule has 0 spiro atoms. The van der Waals surface area contributed by atoms with Crippen LogP contribution in [-0.2, 0) is 0 Å². The van der Waals surface area contributed by atoms with Crippen molar-refractivity contribution in [3.63, 3.8) is 0 Å². The van der Waals surface area contributed by atoms with E-state index in [0.29, 0.717) is 16.8 Å². The zero-order valence-corrected chi connectivity index (χ0v) is 11.9. The van der Waals surface area contributed by atoms with Crippen molar-refractivity contribution in [1.82, 2.24) is 0 Å². The summed E-state index contributed by atoms with van der Waals surface area (Å²) in [6.07, 6.45) is -14.9. The van der Waals surface area contributed by atoms with Gasteiger partial charge < -0.3 is 9.47 Å². The lowest BCUT2D eigenvalue weighted by molar-refractivity contribution is -0.299. The Kier molecular flexibility index (Phi) is 5.78. The number of hydrogen-bond acceptors (Lipinski definition) is 2. The molecule has 114 valence electrons. The van der Waals surface area contributed by atoms with Crippen LogP contribution >= 0.6 is 22.6 Å². The van der Waals surface area contributed by atoms with Crippen LogP contribution in [0.15, 0.2) is 24.3 Å². The quantitative estimate of drug-likeness (QED) is 0.405. The normalized spacial score (nSPS) is 12.6. The summed E-state index contributed by atoms with van der Waals surface area (Å²) in [4.78, 5) is 0. The number of rotatable bonds is 5. The van der Waals surface area contributed by atoms with Crippen LogP contribution in [0.25, 0.3) is 0 Å². The van der Waals surface area contributed by atoms with E-state index in [-0.39, 0.29) is 0 Å². The highest BCUT2D eigenvalue weighted by atomic mass is 127. The van der Waals surface area contributed by atoms with E-state index in [9.17, 15) is 26.3 Å². The molecule has 0 fully saturated rings. The lowest BCUT2D eigenvalue weighted by atomic mass is 10.3. The highest BCUT2D eigenvalue weighted by molar-refractivity contribution is 14.1. The molecule has 0 unspecified atom stereocenters. The standard InChI is InChI=1S/C11H9F6IO2/c12-10(13,14)9(11(15,16)17)20-8-3-1-7(2-4-8)19-6-5-18/h1-4,9H,5-6H2. The predicted molar refractivity (Wildman–Crippen MR) is 67.4 cm³/mol. The van der Waals surface area contributed by atoms with Gasteiger partial charge >= 0.3 is 12.4 Å². The molecule has 0 aliphatic heterocycles. The molecule has 1 rings (SSSR count). The molecular weight excluding hydrogens is 405 g/mol. The van der Waals surface area contributed by atoms with Gasteiger partial charge in [-0.2, -0.15) is 26.3 Å². The molecular formula is C11H9F6IO2. The second-order valence-electron chi connectivity index (χ2n) is 3.59. The van der Waals surface area contributed by atoms with Crippen molar-refractivity contribution in [2.45, 2.75) is 18.5 Å². The van der Waals surface area contributed by atoms with Gasteiger partial charge in [-0.3, -0.25) is 0 Å². The average molecular weight is 414 g/mol. The van der Waals surface area contributed by atoms with Crippen LogP contribution in [0, 0.1) is 0 Å². The van der Waals surface area contributed by atoms with Gasteiger partial charge in [-0.25, -0.2) is 0 Å². The minimum atomic E-state index is -5.53. The van der Waals surface area contributed by atoms with Crippen LogP contribution in [0.3, 0.4) is 0 Å². The zero-order valence-electron chi connectivity index (χ0n) is 9.76. The first-order valence-corrected chi connectivity index (χ1v) is 6.76. The summed E-state index contributed by atoms with van der Waals surface area (Å²) < 4.78 is 83.5. The highest BCUT2D eigenvalue weighted by Crippen LogP contribution is 2.36. The first-order valence-electron chi connectivity index (χ1n) is 5.23. The number of benzene rings is 1. The van der Waals surface area contributed by atoms with Crippen LogP contribution in [0.5, 0.6) is 11.5 Å². The summed E-state index contributed by atoms with van der Waals surface area (Å²) >= 11 is 2.05. The number of halogens is 7. The Morgan fingerprint density at radius 3 is 1.75 bits per heavy atom. The van der Waals surface area contributed by atoms with E-state index in [1.807, 2.05) is 0 Å². The monoisotopic (exact) mass is 414 g/mol. The van der Waals surface area contributed by atoms with Gasteiger partial charge in [-0.1, -0.05) is 22.6 Å². The Balaban J connectivity index is 2.80. The van der Waals surface area contributed by atoms with Gasteiger partial charge in [-0.05, 0) is 24.3 Å². The van der Waals surface area contributed by atoms with Crippen molar-refractivity contribution >= 4 is 22.6 Å². The number of ether oxygens (including phenoxy) is 2. The molecule has 1 aromatic carbocycles. The van der Waals surface area contributed by atoms with Gasteiger partial charge in [0.2, 0.25) is 0 Å². The molecule has 0 radical (unpaired) electrons. The van der Waals surface area contributed by atoms with Crippen LogP contribution in [-0.4, -0.2) is 29.5 Å². The fraction of sp³-hybridized carbons (Fsp3) is 0.455. The molecule has 0 amide bonds. The first kappa shape index (κ1) is 17.2. The van der Waals surface area contributed by atoms with Gasteiger partial charge in [0.15, 0.2) is 0 Å². The molecule has 20 heavy (non-hydrogen) atoms. The van der Waals surface area contributed by atoms with Crippen molar-refractivity contribution in [1.29, 1.82) is 0 Å². The third kappa shape index (κ3) is 5.25. The Morgan fingerprint density at radius 1 is 0.900 bits per heavy atom. The molecule has 0 N–H and O–H groups in total. The summed E-state index contributed by atoms with van der Waals surface area (Å²) in [5.41, 5.74) is 0. The van der Waals surface area contributed by atoms with Gasteiger partial charge in [0, 0.05) is 4.43 Å². The maximum Gasteiger partial charge on any atom is 0.434 e. The van der Waals surface area contributed by atoms with Gasteiger partial charge in [0.1, 0.15) is 11.5 Å². The Labute approximate surface area is 124 Å². The van der Waals surface area contributed by atoms with Crippen LogP contribution in [0.1, 0.15) is 0 Å². The van der Waals surface area contributed by atoms with E-state index in [1.54, 1.807) is 0 Å². The molecule has 9 heteroatoms. The van der Waals surface area contributed by atoms with Gasteiger partial charge in [-0.15, -0.1) is 0 Å². The molecule has 2 nitrogen and oxygen atoms in total. The van der Waals surface area contributed by atoms with Crippen molar-refractivity contribution in [3.8, 4) is 11.5 Å². The SMILES string of the molecule is FC(F)(F)C(Oc1ccc(OCCI)cc1)C(F)(F)F. The van der Waals surface area contributed by atoms with Gasteiger partial charge in [0.05, 0.1) is 6.61 Å². The third-order valence-corrected chi connectivity index (χ3v) is 2.46. The summed E-state index contributed by atoms with van der Waals surface area (Å²) in [5.74, 6) is -0.198. The van der Waals surface area contributed by atoms with Crippen molar-refractivity contribution in [3.05, 3.63) is 24.3 Å². The Hall–Kier alpha value is -0.870. The molecule has 0 aliphatic carbocycles. The second-order valence-corrected chi connectivity index (χ2v) is 4.67. The highest BCUT2D eigenvalue weighted by Gasteiger charge is 2.59.